The van der Waals surface area contributed by atoms with Gasteiger partial charge in [0.15, 0.2) is 5.78 Å². The minimum atomic E-state index is 0.141. The van der Waals surface area contributed by atoms with Gasteiger partial charge in [-0.25, -0.2) is 0 Å². The van der Waals surface area contributed by atoms with Crippen LogP contribution >= 0.6 is 0 Å². The molecule has 3 saturated carbocycles. The van der Waals surface area contributed by atoms with Gasteiger partial charge in [0, 0.05) is 24.7 Å². The molecule has 0 aliphatic heterocycles. The van der Waals surface area contributed by atoms with Crippen molar-refractivity contribution in [3.8, 4) is 0 Å². The minimum absolute atomic E-state index is 0.141. The number of allylic oxidation sites excluding steroid dienone is 2. The number of Topliss-reactive ketones (excluding diaryl/α,β-unsaturated/α-hetero) is 1. The van der Waals surface area contributed by atoms with Crippen molar-refractivity contribution in [1.29, 1.82) is 0 Å². The second-order valence-electron chi connectivity index (χ2n) is 8.08. The number of carbonyl (C=O) groups is 2. The summed E-state index contributed by atoms with van der Waals surface area (Å²) in [6.45, 7) is 6.53. The highest BCUT2D eigenvalue weighted by molar-refractivity contribution is 5.96. The summed E-state index contributed by atoms with van der Waals surface area (Å²) in [5.41, 5.74) is 2.59. The van der Waals surface area contributed by atoms with Crippen molar-refractivity contribution in [3.63, 3.8) is 0 Å². The number of fused-ring (bicyclic) bond motifs is 5. The maximum Gasteiger partial charge on any atom is 0.159 e. The van der Waals surface area contributed by atoms with E-state index in [-0.39, 0.29) is 11.7 Å². The van der Waals surface area contributed by atoms with Crippen LogP contribution in [0.15, 0.2) is 23.8 Å². The molecule has 5 atom stereocenters. The van der Waals surface area contributed by atoms with Crippen molar-refractivity contribution in [3.05, 3.63) is 23.8 Å². The SMILES string of the molecule is C=C1CC(=O)C=C2CC(=O)[C@@H]3[C@H](CC[C@]4(CC)CCC[C@@H]34)[C@@H]12. The second-order valence-corrected chi connectivity index (χ2v) is 8.08. The summed E-state index contributed by atoms with van der Waals surface area (Å²) in [6.07, 6.45) is 10.3. The predicted octanol–water partition coefficient (Wildman–Crippen LogP) is 4.25. The summed E-state index contributed by atoms with van der Waals surface area (Å²) in [5.74, 6) is 2.13. The molecule has 3 fully saturated rings. The molecule has 0 spiro atoms. The fourth-order valence-electron chi connectivity index (χ4n) is 6.42. The van der Waals surface area contributed by atoms with Crippen LogP contribution in [0.5, 0.6) is 0 Å². The Bertz CT molecular complexity index is 585. The Morgan fingerprint density at radius 3 is 2.82 bits per heavy atom. The summed E-state index contributed by atoms with van der Waals surface area (Å²) in [5, 5.41) is 0. The Labute approximate surface area is 133 Å². The molecule has 2 heteroatoms. The molecule has 0 aromatic carbocycles. The zero-order chi connectivity index (χ0) is 15.5. The molecule has 0 radical (unpaired) electrons. The number of hydrogen-bond acceptors (Lipinski definition) is 2. The molecule has 0 saturated heterocycles. The van der Waals surface area contributed by atoms with E-state index in [1.807, 2.05) is 0 Å². The summed E-state index contributed by atoms with van der Waals surface area (Å²) in [6, 6.07) is 0. The Hall–Kier alpha value is -1.18. The molecule has 0 unspecified atom stereocenters. The number of ketones is 2. The molecule has 0 heterocycles. The summed E-state index contributed by atoms with van der Waals surface area (Å²) in [4.78, 5) is 24.7. The van der Waals surface area contributed by atoms with Gasteiger partial charge in [-0.15, -0.1) is 0 Å². The average molecular weight is 298 g/mol. The van der Waals surface area contributed by atoms with Crippen LogP contribution in [0.2, 0.25) is 0 Å². The normalized spacial score (nSPS) is 44.2. The van der Waals surface area contributed by atoms with Crippen molar-refractivity contribution in [2.45, 2.75) is 58.3 Å². The van der Waals surface area contributed by atoms with Crippen molar-refractivity contribution in [1.82, 2.24) is 0 Å². The molecule has 0 aromatic rings. The van der Waals surface area contributed by atoms with E-state index in [2.05, 4.69) is 13.5 Å². The van der Waals surface area contributed by atoms with Gasteiger partial charge in [0.05, 0.1) is 0 Å². The summed E-state index contributed by atoms with van der Waals surface area (Å²) >= 11 is 0. The van der Waals surface area contributed by atoms with Crippen molar-refractivity contribution >= 4 is 11.6 Å². The molecule has 0 N–H and O–H groups in total. The van der Waals surface area contributed by atoms with Gasteiger partial charge < -0.3 is 0 Å². The fourth-order valence-corrected chi connectivity index (χ4v) is 6.42. The van der Waals surface area contributed by atoms with Crippen LogP contribution in [-0.4, -0.2) is 11.6 Å². The zero-order valence-electron chi connectivity index (χ0n) is 13.6. The van der Waals surface area contributed by atoms with E-state index in [4.69, 9.17) is 0 Å². The topological polar surface area (TPSA) is 34.1 Å². The van der Waals surface area contributed by atoms with Gasteiger partial charge in [0.25, 0.3) is 0 Å². The lowest BCUT2D eigenvalue weighted by Crippen LogP contribution is -2.49. The Kier molecular flexibility index (Phi) is 3.22. The van der Waals surface area contributed by atoms with Gasteiger partial charge in [-0.05, 0) is 49.0 Å². The maximum atomic E-state index is 12.9. The Balaban J connectivity index is 1.73. The molecule has 2 nitrogen and oxygen atoms in total. The molecule has 22 heavy (non-hydrogen) atoms. The van der Waals surface area contributed by atoms with Gasteiger partial charge in [0.2, 0.25) is 0 Å². The van der Waals surface area contributed by atoms with Gasteiger partial charge >= 0.3 is 0 Å². The lowest BCUT2D eigenvalue weighted by Gasteiger charge is -2.53. The third kappa shape index (κ3) is 1.85. The van der Waals surface area contributed by atoms with Crippen LogP contribution in [0.4, 0.5) is 0 Å². The lowest BCUT2D eigenvalue weighted by molar-refractivity contribution is -0.134. The molecule has 4 rings (SSSR count). The summed E-state index contributed by atoms with van der Waals surface area (Å²) < 4.78 is 0. The first-order chi connectivity index (χ1) is 10.6. The van der Waals surface area contributed by atoms with Crippen molar-refractivity contribution in [2.24, 2.45) is 29.1 Å². The van der Waals surface area contributed by atoms with E-state index >= 15 is 0 Å². The first kappa shape index (κ1) is 14.4. The van der Waals surface area contributed by atoms with Crippen LogP contribution in [0, 0.1) is 29.1 Å². The zero-order valence-corrected chi connectivity index (χ0v) is 13.6. The van der Waals surface area contributed by atoms with Gasteiger partial charge in [-0.2, -0.15) is 0 Å². The monoisotopic (exact) mass is 298 g/mol. The molecule has 4 aliphatic carbocycles. The Morgan fingerprint density at radius 2 is 2.05 bits per heavy atom. The first-order valence-corrected chi connectivity index (χ1v) is 8.99. The van der Waals surface area contributed by atoms with Crippen LogP contribution < -0.4 is 0 Å². The smallest absolute Gasteiger partial charge is 0.159 e. The van der Waals surface area contributed by atoms with E-state index in [9.17, 15) is 9.59 Å². The largest absolute Gasteiger partial charge is 0.299 e. The second kappa shape index (κ2) is 4.91. The van der Waals surface area contributed by atoms with Crippen LogP contribution in [0.25, 0.3) is 0 Å². The highest BCUT2D eigenvalue weighted by Gasteiger charge is 2.56. The standard InChI is InChI=1S/C20H26O2/c1-3-20-7-4-5-16(20)19-15(6-8-20)18-12(2)9-14(21)10-13(18)11-17(19)22/h10,15-16,18-19H,2-9,11H2,1H3/t15-,16+,18+,19-,20+/m1/s1. The summed E-state index contributed by atoms with van der Waals surface area (Å²) in [7, 11) is 0. The molecule has 0 aromatic heterocycles. The van der Waals surface area contributed by atoms with Crippen LogP contribution in [-0.2, 0) is 9.59 Å². The predicted molar refractivity (Wildman–Crippen MR) is 86.2 cm³/mol. The quantitative estimate of drug-likeness (QED) is 0.678. The molecule has 118 valence electrons. The number of rotatable bonds is 1. The van der Waals surface area contributed by atoms with E-state index in [1.165, 1.54) is 32.1 Å². The molecular formula is C20H26O2. The van der Waals surface area contributed by atoms with Gasteiger partial charge in [-0.3, -0.25) is 9.59 Å². The molecule has 0 bridgehead atoms. The molecule has 4 aliphatic rings. The van der Waals surface area contributed by atoms with E-state index in [1.54, 1.807) is 6.08 Å². The van der Waals surface area contributed by atoms with Gasteiger partial charge in [0.1, 0.15) is 5.78 Å². The van der Waals surface area contributed by atoms with Gasteiger partial charge in [-0.1, -0.05) is 37.5 Å². The highest BCUT2D eigenvalue weighted by atomic mass is 16.1. The lowest BCUT2D eigenvalue weighted by atomic mass is 9.50. The fraction of sp³-hybridized carbons (Fsp3) is 0.700. The highest BCUT2D eigenvalue weighted by Crippen LogP contribution is 2.62. The minimum Gasteiger partial charge on any atom is -0.299 e. The van der Waals surface area contributed by atoms with E-state index < -0.39 is 0 Å². The first-order valence-electron chi connectivity index (χ1n) is 8.99. The molecular weight excluding hydrogens is 272 g/mol. The third-order valence-corrected chi connectivity index (χ3v) is 7.32. The van der Waals surface area contributed by atoms with Crippen molar-refractivity contribution in [2.75, 3.05) is 0 Å². The van der Waals surface area contributed by atoms with Crippen molar-refractivity contribution < 1.29 is 9.59 Å². The maximum absolute atomic E-state index is 12.9. The van der Waals surface area contributed by atoms with E-state index in [0.717, 1.165) is 17.6 Å². The number of hydrogen-bond donors (Lipinski definition) is 0. The van der Waals surface area contributed by atoms with E-state index in [0.29, 0.717) is 41.8 Å². The Morgan fingerprint density at radius 1 is 1.23 bits per heavy atom. The van der Waals surface area contributed by atoms with Crippen LogP contribution in [0.3, 0.4) is 0 Å². The van der Waals surface area contributed by atoms with Crippen LogP contribution in [0.1, 0.15) is 58.3 Å². The molecule has 0 amide bonds. The number of carbonyl (C=O) groups excluding carboxylic acids is 2. The third-order valence-electron chi connectivity index (χ3n) is 7.32. The average Bonchev–Trinajstić information content (AvgIpc) is 2.90.